The number of carbonyl (C=O) groups excluding carboxylic acids is 4. The fourth-order valence-electron chi connectivity index (χ4n) is 10.8. The zero-order chi connectivity index (χ0) is 63.9. The Morgan fingerprint density at radius 2 is 0.897 bits per heavy atom. The first kappa shape index (κ1) is 83.9. The minimum absolute atomic E-state index is 0.0679. The van der Waals surface area contributed by atoms with Crippen molar-refractivity contribution in [3.63, 3.8) is 0 Å². The van der Waals surface area contributed by atoms with E-state index in [2.05, 4.69) is 122 Å². The molecule has 498 valence electrons. The van der Waals surface area contributed by atoms with Crippen LogP contribution in [-0.4, -0.2) is 56.8 Å². The van der Waals surface area contributed by atoms with E-state index >= 15 is 0 Å². The maximum atomic E-state index is 12.6. The second kappa shape index (κ2) is 64.4. The number of esters is 1. The third kappa shape index (κ3) is 56.6. The number of carboxylic acids is 1. The Kier molecular flexibility index (Phi) is 62.2. The predicted molar refractivity (Wildman–Crippen MR) is 376 cm³/mol. The van der Waals surface area contributed by atoms with E-state index in [-0.39, 0.29) is 11.2 Å². The first-order valence-electron chi connectivity index (χ1n) is 35.2. The number of unbranched alkanes of at least 4 members (excludes halogenated alkanes) is 33. The quantitative estimate of drug-likeness (QED) is 0.0174. The van der Waals surface area contributed by atoms with Gasteiger partial charge in [0.2, 0.25) is 5.24 Å². The second-order valence-electron chi connectivity index (χ2n) is 23.9. The lowest BCUT2D eigenvalue weighted by molar-refractivity contribution is -0.137. The molecule has 8 nitrogen and oxygen atoms in total. The van der Waals surface area contributed by atoms with Gasteiger partial charge in [-0.15, -0.1) is 11.3 Å². The van der Waals surface area contributed by atoms with Crippen molar-refractivity contribution in [2.24, 2.45) is 0 Å². The molecule has 0 radical (unpaired) electrons. The Balaban J connectivity index is 0.00000134. The van der Waals surface area contributed by atoms with E-state index in [9.17, 15) is 24.0 Å². The average molecular weight is 1290 g/mol. The van der Waals surface area contributed by atoms with Crippen molar-refractivity contribution < 1.29 is 33.8 Å². The molecule has 0 amide bonds. The number of carbonyl (C=O) groups is 5. The minimum atomic E-state index is -1.14. The molecule has 3 rings (SSSR count). The van der Waals surface area contributed by atoms with E-state index in [1.54, 1.807) is 0 Å². The number of hydrogen-bond acceptors (Lipinski definition) is 8. The molecule has 0 bridgehead atoms. The van der Waals surface area contributed by atoms with Crippen LogP contribution in [0.5, 0.6) is 5.75 Å². The molecule has 0 spiro atoms. The monoisotopic (exact) mass is 1290 g/mol. The first-order chi connectivity index (χ1) is 42.4. The number of ether oxygens (including phenoxy) is 1. The zero-order valence-corrected chi connectivity index (χ0v) is 58.6. The van der Waals surface area contributed by atoms with Crippen molar-refractivity contribution in [2.75, 3.05) is 13.1 Å². The Bertz CT molecular complexity index is 1960. The molecule has 2 aromatic rings. The maximum absolute atomic E-state index is 12.6. The normalized spacial score (nSPS) is 12.8. The van der Waals surface area contributed by atoms with Gasteiger partial charge in [-0.3, -0.25) is 28.9 Å². The summed E-state index contributed by atoms with van der Waals surface area (Å²) >= 11 is 16.1. The molecule has 0 saturated heterocycles. The van der Waals surface area contributed by atoms with Gasteiger partial charge in [-0.1, -0.05) is 236 Å². The highest BCUT2D eigenvalue weighted by molar-refractivity contribution is 7.09. The molecule has 0 unspecified atom stereocenters. The van der Waals surface area contributed by atoms with Crippen LogP contribution in [0.25, 0.3) is 0 Å². The van der Waals surface area contributed by atoms with Gasteiger partial charge < -0.3 is 9.84 Å². The first-order valence-corrected chi connectivity index (χ1v) is 37.2. The van der Waals surface area contributed by atoms with Crippen LogP contribution in [0.15, 0.2) is 72.2 Å². The van der Waals surface area contributed by atoms with Crippen LogP contribution in [-0.2, 0) is 43.2 Å². The number of carboxylic acid groups (broad SMARTS) is 1. The average Bonchev–Trinajstić information content (AvgIpc) is 2.90. The molecule has 1 atom stereocenters. The van der Waals surface area contributed by atoms with E-state index in [1.807, 2.05) is 17.4 Å². The summed E-state index contributed by atoms with van der Waals surface area (Å²) < 4.78 is 5.91. The number of thiophene rings is 1. The summed E-state index contributed by atoms with van der Waals surface area (Å²) in [7, 11) is 0. The highest BCUT2D eigenvalue weighted by atomic mass is 35.5. The molecular formula is C75H124Cl3NO7S. The van der Waals surface area contributed by atoms with Crippen molar-refractivity contribution in [1.29, 1.82) is 0 Å². The van der Waals surface area contributed by atoms with Gasteiger partial charge in [-0.2, -0.15) is 0 Å². The largest absolute Gasteiger partial charge is 0.481 e. The predicted octanol–water partition coefficient (Wildman–Crippen LogP) is 23.9. The van der Waals surface area contributed by atoms with Crippen LogP contribution in [0, 0.1) is 0 Å². The smallest absolute Gasteiger partial charge is 0.311 e. The molecule has 87 heavy (non-hydrogen) atoms. The summed E-state index contributed by atoms with van der Waals surface area (Å²) in [5, 5.41) is 8.21. The molecule has 1 heterocycles. The lowest BCUT2D eigenvalue weighted by Crippen LogP contribution is -2.41. The van der Waals surface area contributed by atoms with Gasteiger partial charge in [-0.25, -0.2) is 0 Å². The van der Waals surface area contributed by atoms with Gasteiger partial charge in [-0.05, 0) is 198 Å². The van der Waals surface area contributed by atoms with E-state index in [0.717, 1.165) is 83.0 Å². The van der Waals surface area contributed by atoms with Gasteiger partial charge in [0.1, 0.15) is 5.75 Å². The number of rotatable bonds is 53. The van der Waals surface area contributed by atoms with Crippen LogP contribution in [0.2, 0.25) is 0 Å². The summed E-state index contributed by atoms with van der Waals surface area (Å²) in [5.41, 5.74) is 2.63. The van der Waals surface area contributed by atoms with E-state index < -0.39 is 16.5 Å². The number of halogens is 3. The fourth-order valence-corrected chi connectivity index (χ4v) is 11.7. The molecule has 1 aromatic heterocycles. The van der Waals surface area contributed by atoms with Gasteiger partial charge in [0.05, 0.1) is 0 Å². The van der Waals surface area contributed by atoms with Gasteiger partial charge in [0.15, 0.2) is 0 Å². The van der Waals surface area contributed by atoms with Crippen molar-refractivity contribution in [3.8, 4) is 5.75 Å². The van der Waals surface area contributed by atoms with Crippen LogP contribution >= 0.6 is 46.1 Å². The van der Waals surface area contributed by atoms with E-state index in [0.29, 0.717) is 25.3 Å². The molecule has 1 aliphatic rings. The van der Waals surface area contributed by atoms with Crippen LogP contribution in [0.4, 0.5) is 0 Å². The lowest BCUT2D eigenvalue weighted by Gasteiger charge is -2.35. The summed E-state index contributed by atoms with van der Waals surface area (Å²) in [5.74, 6) is 0.0728. The van der Waals surface area contributed by atoms with Crippen molar-refractivity contribution in [1.82, 2.24) is 4.90 Å². The molecule has 1 aliphatic carbocycles. The number of fused-ring (bicyclic) bond motifs is 1. The summed E-state index contributed by atoms with van der Waals surface area (Å²) in [6, 6.07) is 11.3. The van der Waals surface area contributed by atoms with Crippen LogP contribution in [0.3, 0.4) is 0 Å². The van der Waals surface area contributed by atoms with Crippen molar-refractivity contribution >= 4 is 73.8 Å². The summed E-state index contributed by atoms with van der Waals surface area (Å²) in [4.78, 5) is 56.5. The number of hydrogen-bond donors (Lipinski definition) is 1. The molecule has 0 aliphatic heterocycles. The third-order valence-electron chi connectivity index (χ3n) is 16.0. The van der Waals surface area contributed by atoms with Crippen LogP contribution in [0.1, 0.15) is 326 Å². The fraction of sp³-hybridized carbons (Fsp3) is 0.720. The maximum Gasteiger partial charge on any atom is 0.311 e. The van der Waals surface area contributed by atoms with Gasteiger partial charge >= 0.3 is 22.4 Å². The van der Waals surface area contributed by atoms with Crippen molar-refractivity contribution in [2.45, 2.75) is 336 Å². The second-order valence-corrected chi connectivity index (χ2v) is 26.1. The lowest BCUT2D eigenvalue weighted by atomic mass is 9.86. The summed E-state index contributed by atoms with van der Waals surface area (Å²) in [6.07, 6.45) is 70.4. The minimum Gasteiger partial charge on any atom is -0.481 e. The highest BCUT2D eigenvalue weighted by Gasteiger charge is 2.26. The molecule has 1 N–H and O–H groups in total. The number of benzene rings is 1. The Morgan fingerprint density at radius 3 is 1.28 bits per heavy atom. The summed E-state index contributed by atoms with van der Waals surface area (Å²) in [6.45, 7) is 11.4. The zero-order valence-electron chi connectivity index (χ0n) is 55.5. The highest BCUT2D eigenvalue weighted by Crippen LogP contribution is 2.32. The molecule has 12 heteroatoms. The van der Waals surface area contributed by atoms with E-state index in [4.69, 9.17) is 21.4 Å². The Morgan fingerprint density at radius 1 is 0.494 bits per heavy atom. The molecular weight excluding hydrogens is 1170 g/mol. The third-order valence-corrected chi connectivity index (χ3v) is 17.5. The molecule has 0 saturated carbocycles. The number of aliphatic carboxylic acids is 1. The molecule has 1 aromatic carbocycles. The van der Waals surface area contributed by atoms with Gasteiger partial charge in [0, 0.05) is 36.7 Å². The SMILES string of the molecule is CCCCCCCC/C=C\CCCCCCCC(=O)Cl.CCCCCCCC/C=C\CCCCCCCC(=O)O.CCCCCCCC/C=C\CCCCCCCC(=O)Oc1cccc2c1CC[C@H](N(CCC)CCc1cccs1)C2.O=C(Cl)C(=O)Cl. The Labute approximate surface area is 551 Å². The Hall–Kier alpha value is -3.08. The standard InChI is InChI=1S/C37H57NO2S.C18H33ClO.C18H34O2.C2Cl2O2/c1-3-5-6-7-8-9-10-11-12-13-14-15-16-17-18-24-37(39)40-36-23-19-21-32-31-33(25-26-35(32)36)38(28-4-2)29-27-34-22-20-30-41-34;2*1-2-3-4-5-6-7-8-9-10-11-12-13-14-15-16-17-18(19)20;3-1(5)2(4)6/h11-12,19-23,30,33H,3-10,13-18,24-29,31H2,1-2H3;9-10H,2-8,11-17H2,1H3;9-10H,2-8,11-17H2,1H3,(H,19,20);/b12-11-;2*10-9-;/t33-;;;/m0.../s1. The number of nitrogens with zero attached hydrogens (tertiary/aromatic N) is 1. The van der Waals surface area contributed by atoms with Crippen molar-refractivity contribution in [3.05, 3.63) is 88.2 Å². The molecule has 0 fully saturated rings. The topological polar surface area (TPSA) is 118 Å². The number of allylic oxidation sites excluding steroid dienone is 6. The van der Waals surface area contributed by atoms with E-state index in [1.165, 1.54) is 234 Å². The van der Waals surface area contributed by atoms with Crippen LogP contribution < -0.4 is 4.74 Å². The van der Waals surface area contributed by atoms with Gasteiger partial charge in [0.25, 0.3) is 0 Å².